The highest BCUT2D eigenvalue weighted by Crippen LogP contribution is 2.50. The normalized spacial score (nSPS) is 45.4. The zero-order valence-corrected chi connectivity index (χ0v) is 10.9. The third-order valence-electron chi connectivity index (χ3n) is 4.69. The molecule has 2 fully saturated rings. The van der Waals surface area contributed by atoms with Crippen molar-refractivity contribution in [3.63, 3.8) is 0 Å². The quantitative estimate of drug-likeness (QED) is 0.387. The van der Waals surface area contributed by atoms with Crippen molar-refractivity contribution in [3.05, 3.63) is 36.0 Å². The number of carbonyl (C=O) groups is 1. The topological polar surface area (TPSA) is 66.8 Å². The summed E-state index contributed by atoms with van der Waals surface area (Å²) in [6.07, 6.45) is 0.395. The van der Waals surface area contributed by atoms with Gasteiger partial charge < -0.3 is 14.9 Å². The lowest BCUT2D eigenvalue weighted by Gasteiger charge is -2.28. The average molecular weight is 262 g/mol. The second-order valence-corrected chi connectivity index (χ2v) is 5.80. The number of ether oxygens (including phenoxy) is 1. The van der Waals surface area contributed by atoms with Gasteiger partial charge in [-0.05, 0) is 13.3 Å². The van der Waals surface area contributed by atoms with Crippen LogP contribution in [0.15, 0.2) is 36.0 Å². The number of aliphatic hydroxyl groups is 2. The van der Waals surface area contributed by atoms with E-state index in [-0.39, 0.29) is 11.8 Å². The summed E-state index contributed by atoms with van der Waals surface area (Å²) in [6.45, 7) is 9.67. The molecule has 0 bridgehead atoms. The SMILES string of the molecule is C=C1C(=O)O[C@H]2[C@H]3C(C)=C[C@H](O)[C@H]3C(=C)C[C@@H](O)[C@@H]12. The number of fused-ring (bicyclic) bond motifs is 3. The van der Waals surface area contributed by atoms with Crippen molar-refractivity contribution < 1.29 is 19.7 Å². The highest BCUT2D eigenvalue weighted by Gasteiger charge is 2.54. The molecule has 6 atom stereocenters. The average Bonchev–Trinajstić information content (AvgIpc) is 2.72. The zero-order chi connectivity index (χ0) is 13.9. The Balaban J connectivity index is 2.07. The van der Waals surface area contributed by atoms with Crippen molar-refractivity contribution >= 4 is 5.97 Å². The maximum absolute atomic E-state index is 11.7. The Morgan fingerprint density at radius 2 is 1.95 bits per heavy atom. The van der Waals surface area contributed by atoms with Gasteiger partial charge in [-0.15, -0.1) is 0 Å². The van der Waals surface area contributed by atoms with Gasteiger partial charge >= 0.3 is 5.97 Å². The van der Waals surface area contributed by atoms with Crippen molar-refractivity contribution in [2.75, 3.05) is 0 Å². The Kier molecular flexibility index (Phi) is 2.69. The van der Waals surface area contributed by atoms with Crippen molar-refractivity contribution in [2.45, 2.75) is 31.7 Å². The lowest BCUT2D eigenvalue weighted by molar-refractivity contribution is -0.141. The molecule has 0 unspecified atom stereocenters. The van der Waals surface area contributed by atoms with Gasteiger partial charge in [0, 0.05) is 17.4 Å². The van der Waals surface area contributed by atoms with Crippen LogP contribution in [-0.2, 0) is 9.53 Å². The Hall–Kier alpha value is -1.39. The molecule has 0 aromatic rings. The monoisotopic (exact) mass is 262 g/mol. The largest absolute Gasteiger partial charge is 0.458 e. The zero-order valence-electron chi connectivity index (χ0n) is 10.9. The van der Waals surface area contributed by atoms with Crippen LogP contribution >= 0.6 is 0 Å². The first kappa shape index (κ1) is 12.6. The molecule has 0 radical (unpaired) electrons. The van der Waals surface area contributed by atoms with Crippen LogP contribution in [0.5, 0.6) is 0 Å². The molecule has 102 valence electrons. The smallest absolute Gasteiger partial charge is 0.334 e. The molecule has 0 amide bonds. The van der Waals surface area contributed by atoms with Crippen LogP contribution in [0.25, 0.3) is 0 Å². The van der Waals surface area contributed by atoms with Crippen LogP contribution in [0.3, 0.4) is 0 Å². The molecule has 3 aliphatic rings. The molecular weight excluding hydrogens is 244 g/mol. The van der Waals surface area contributed by atoms with Gasteiger partial charge in [0.1, 0.15) is 6.10 Å². The lowest BCUT2D eigenvalue weighted by atomic mass is 9.79. The minimum Gasteiger partial charge on any atom is -0.458 e. The summed E-state index contributed by atoms with van der Waals surface area (Å²) in [5.41, 5.74) is 2.14. The van der Waals surface area contributed by atoms with E-state index in [2.05, 4.69) is 13.2 Å². The molecule has 19 heavy (non-hydrogen) atoms. The minimum absolute atomic E-state index is 0.104. The Morgan fingerprint density at radius 3 is 2.63 bits per heavy atom. The summed E-state index contributed by atoms with van der Waals surface area (Å²) >= 11 is 0. The van der Waals surface area contributed by atoms with Gasteiger partial charge in [0.15, 0.2) is 0 Å². The molecule has 0 aromatic heterocycles. The van der Waals surface area contributed by atoms with E-state index in [4.69, 9.17) is 4.74 Å². The van der Waals surface area contributed by atoms with Crippen LogP contribution in [-0.4, -0.2) is 34.5 Å². The summed E-state index contributed by atoms with van der Waals surface area (Å²) in [7, 11) is 0. The van der Waals surface area contributed by atoms with Gasteiger partial charge in [0.2, 0.25) is 0 Å². The molecule has 1 saturated carbocycles. The summed E-state index contributed by atoms with van der Waals surface area (Å²) in [6, 6.07) is 0. The Bertz CT molecular complexity index is 504. The number of hydrogen-bond donors (Lipinski definition) is 2. The van der Waals surface area contributed by atoms with Gasteiger partial charge in [-0.3, -0.25) is 0 Å². The van der Waals surface area contributed by atoms with E-state index >= 15 is 0 Å². The van der Waals surface area contributed by atoms with Gasteiger partial charge in [-0.2, -0.15) is 0 Å². The highest BCUT2D eigenvalue weighted by atomic mass is 16.6. The van der Waals surface area contributed by atoms with E-state index < -0.39 is 30.2 Å². The highest BCUT2D eigenvalue weighted by molar-refractivity contribution is 5.91. The summed E-state index contributed by atoms with van der Waals surface area (Å²) in [5.74, 6) is -1.11. The number of rotatable bonds is 0. The molecule has 1 aliphatic heterocycles. The van der Waals surface area contributed by atoms with Crippen molar-refractivity contribution in [1.82, 2.24) is 0 Å². The maximum atomic E-state index is 11.7. The molecule has 0 aromatic carbocycles. The van der Waals surface area contributed by atoms with Crippen LogP contribution in [0, 0.1) is 17.8 Å². The van der Waals surface area contributed by atoms with Crippen LogP contribution in [0.1, 0.15) is 13.3 Å². The van der Waals surface area contributed by atoms with Gasteiger partial charge in [0.25, 0.3) is 0 Å². The number of hydrogen-bond acceptors (Lipinski definition) is 4. The molecule has 3 rings (SSSR count). The molecule has 1 heterocycles. The third-order valence-corrected chi connectivity index (χ3v) is 4.69. The standard InChI is InChI=1S/C15H18O4/c1-6-4-10(17)13-8(3)15(18)19-14(13)12-7(2)5-9(16)11(6)12/h5,9-14,16-17H,1,3-4H2,2H3/t9-,10+,11+,12-,13+,14-/m0/s1. The molecule has 2 N–H and O–H groups in total. The van der Waals surface area contributed by atoms with E-state index in [0.717, 1.165) is 11.1 Å². The van der Waals surface area contributed by atoms with E-state index in [9.17, 15) is 15.0 Å². The molecule has 0 spiro atoms. The third kappa shape index (κ3) is 1.63. The predicted octanol–water partition coefficient (Wildman–Crippen LogP) is 0.958. The predicted molar refractivity (Wildman–Crippen MR) is 69.0 cm³/mol. The summed E-state index contributed by atoms with van der Waals surface area (Å²) in [5, 5.41) is 20.4. The van der Waals surface area contributed by atoms with Crippen LogP contribution in [0.2, 0.25) is 0 Å². The van der Waals surface area contributed by atoms with E-state index in [1.165, 1.54) is 0 Å². The summed E-state index contributed by atoms with van der Waals surface area (Å²) in [4.78, 5) is 11.7. The van der Waals surface area contributed by atoms with Gasteiger partial charge in [0.05, 0.1) is 18.1 Å². The fourth-order valence-corrected chi connectivity index (χ4v) is 3.83. The number of esters is 1. The van der Waals surface area contributed by atoms with Crippen molar-refractivity contribution in [2.24, 2.45) is 17.8 Å². The second kappa shape index (κ2) is 4.05. The fourth-order valence-electron chi connectivity index (χ4n) is 3.83. The second-order valence-electron chi connectivity index (χ2n) is 5.80. The van der Waals surface area contributed by atoms with Crippen molar-refractivity contribution in [1.29, 1.82) is 0 Å². The van der Waals surface area contributed by atoms with E-state index in [1.807, 2.05) is 6.92 Å². The number of aliphatic hydroxyl groups excluding tert-OH is 2. The fraction of sp³-hybridized carbons (Fsp3) is 0.533. The maximum Gasteiger partial charge on any atom is 0.334 e. The lowest BCUT2D eigenvalue weighted by Crippen LogP contribution is -2.35. The minimum atomic E-state index is -0.720. The van der Waals surface area contributed by atoms with Crippen LogP contribution < -0.4 is 0 Å². The molecule has 4 nitrogen and oxygen atoms in total. The van der Waals surface area contributed by atoms with Gasteiger partial charge in [-0.25, -0.2) is 4.79 Å². The molecule has 2 aliphatic carbocycles. The van der Waals surface area contributed by atoms with E-state index in [0.29, 0.717) is 12.0 Å². The Morgan fingerprint density at radius 1 is 1.26 bits per heavy atom. The first-order valence-corrected chi connectivity index (χ1v) is 6.53. The van der Waals surface area contributed by atoms with Crippen molar-refractivity contribution in [3.8, 4) is 0 Å². The number of carbonyl (C=O) groups excluding carboxylic acids is 1. The van der Waals surface area contributed by atoms with Crippen LogP contribution in [0.4, 0.5) is 0 Å². The first-order valence-electron chi connectivity index (χ1n) is 6.53. The summed E-state index contributed by atoms with van der Waals surface area (Å²) < 4.78 is 5.42. The van der Waals surface area contributed by atoms with E-state index in [1.54, 1.807) is 6.08 Å². The molecule has 4 heteroatoms. The molecular formula is C15H18O4. The first-order chi connectivity index (χ1) is 8.91. The Labute approximate surface area is 112 Å². The molecule has 1 saturated heterocycles. The van der Waals surface area contributed by atoms with Gasteiger partial charge in [-0.1, -0.05) is 30.4 Å².